The summed E-state index contributed by atoms with van der Waals surface area (Å²) in [4.78, 5) is 25.1. The van der Waals surface area contributed by atoms with E-state index in [9.17, 15) is 10.1 Å². The molecule has 1 N–H and O–H groups in total. The van der Waals surface area contributed by atoms with Crippen LogP contribution in [0.3, 0.4) is 0 Å². The maximum Gasteiger partial charge on any atom is 0.265 e. The summed E-state index contributed by atoms with van der Waals surface area (Å²) in [6.45, 7) is 0. The molecule has 0 amide bonds. The van der Waals surface area contributed by atoms with Crippen LogP contribution in [0.15, 0.2) is 54.1 Å². The zero-order valence-corrected chi connectivity index (χ0v) is 10.4. The lowest BCUT2D eigenvalue weighted by atomic mass is 10.4. The molecule has 0 aliphatic carbocycles. The predicted molar refractivity (Wildman–Crippen MR) is 71.0 cm³/mol. The van der Waals surface area contributed by atoms with Gasteiger partial charge in [-0.2, -0.15) is 0 Å². The molecule has 0 saturated carbocycles. The number of nitrogens with one attached hydrogen (secondary N) is 1. The number of fused-ring (bicyclic) bond motifs is 1. The van der Waals surface area contributed by atoms with E-state index in [1.54, 1.807) is 36.8 Å². The van der Waals surface area contributed by atoms with Gasteiger partial charge in [0.25, 0.3) is 11.9 Å². The lowest BCUT2D eigenvalue weighted by Gasteiger charge is -1.87. The highest BCUT2D eigenvalue weighted by molar-refractivity contribution is 7.93. The fourth-order valence-electron chi connectivity index (χ4n) is 1.26. The van der Waals surface area contributed by atoms with E-state index >= 15 is 0 Å². The maximum absolute atomic E-state index is 9.94. The Kier molecular flexibility index (Phi) is 4.40. The molecule has 1 aromatic carbocycles. The summed E-state index contributed by atoms with van der Waals surface area (Å²) < 4.78 is -0.421. The highest BCUT2D eigenvalue weighted by Crippen LogP contribution is 2.15. The number of aromatic nitrogens is 4. The van der Waals surface area contributed by atoms with Crippen LogP contribution in [0.5, 0.6) is 0 Å². The van der Waals surface area contributed by atoms with Crippen molar-refractivity contribution >= 4 is 23.1 Å². The lowest BCUT2D eigenvalue weighted by molar-refractivity contribution is -0.284. The van der Waals surface area contributed by atoms with Gasteiger partial charge in [-0.15, -0.1) is 0 Å². The Hall–Kier alpha value is -2.48. The Bertz CT molecular complexity index is 628. The van der Waals surface area contributed by atoms with Crippen molar-refractivity contribution in [3.8, 4) is 0 Å². The van der Waals surface area contributed by atoms with Crippen LogP contribution in [0.2, 0.25) is 0 Å². The summed E-state index contributed by atoms with van der Waals surface area (Å²) in [6.07, 6.45) is 4.76. The minimum Gasteiger partial charge on any atom is -0.342 e. The monoisotopic (exact) mass is 275 g/mol. The van der Waals surface area contributed by atoms with Gasteiger partial charge in [0.15, 0.2) is 5.65 Å². The van der Waals surface area contributed by atoms with Gasteiger partial charge in [0, 0.05) is 0 Å². The molecule has 0 bridgehead atoms. The molecule has 0 unspecified atom stereocenters. The van der Waals surface area contributed by atoms with E-state index in [1.807, 2.05) is 6.07 Å². The van der Waals surface area contributed by atoms with Crippen molar-refractivity contribution in [2.75, 3.05) is 0 Å². The molecule has 0 spiro atoms. The molecule has 7 nitrogen and oxygen atoms in total. The van der Waals surface area contributed by atoms with Gasteiger partial charge in [-0.3, -0.25) is 10.1 Å². The number of benzene rings is 1. The van der Waals surface area contributed by atoms with Gasteiger partial charge in [-0.25, -0.2) is 15.0 Å². The fraction of sp³-hybridized carbons (Fsp3) is 0. The standard InChI is InChI=1S/C6H5NO2S.C5H4N4/c8-7(9)10-6-4-2-1-3-5-6;1-4-5(8-2-6-1)9-3-7-4/h1-5H;1-3H,(H,6,7,8,9). The van der Waals surface area contributed by atoms with Gasteiger partial charge in [-0.1, -0.05) is 18.2 Å². The van der Waals surface area contributed by atoms with E-state index in [0.717, 1.165) is 5.52 Å². The van der Waals surface area contributed by atoms with Crippen LogP contribution < -0.4 is 0 Å². The molecule has 0 aliphatic heterocycles. The van der Waals surface area contributed by atoms with Crippen LogP contribution in [0.1, 0.15) is 0 Å². The second-order valence-electron chi connectivity index (χ2n) is 3.29. The van der Waals surface area contributed by atoms with Crippen molar-refractivity contribution in [1.29, 1.82) is 0 Å². The molecular formula is C11H9N5O2S. The number of rotatable bonds is 2. The molecule has 19 heavy (non-hydrogen) atoms. The third-order valence-corrected chi connectivity index (χ3v) is 2.65. The van der Waals surface area contributed by atoms with Gasteiger partial charge >= 0.3 is 0 Å². The summed E-state index contributed by atoms with van der Waals surface area (Å²) in [7, 11) is 0. The largest absolute Gasteiger partial charge is 0.342 e. The molecular weight excluding hydrogens is 266 g/mol. The van der Waals surface area contributed by atoms with Gasteiger partial charge in [0.1, 0.15) is 16.2 Å². The van der Waals surface area contributed by atoms with Crippen LogP contribution in [0.4, 0.5) is 0 Å². The molecule has 2 aromatic heterocycles. The number of aromatic amines is 1. The maximum atomic E-state index is 9.94. The first-order chi connectivity index (χ1) is 9.25. The molecule has 3 aromatic rings. The molecule has 0 fully saturated rings. The number of nitrogens with zero attached hydrogens (tertiary/aromatic N) is 4. The summed E-state index contributed by atoms with van der Waals surface area (Å²) in [5.74, 6) is 0. The van der Waals surface area contributed by atoms with Crippen molar-refractivity contribution in [1.82, 2.24) is 19.9 Å². The third kappa shape index (κ3) is 4.03. The van der Waals surface area contributed by atoms with Crippen molar-refractivity contribution in [2.45, 2.75) is 4.90 Å². The molecule has 96 valence electrons. The van der Waals surface area contributed by atoms with Crippen LogP contribution in [0, 0.1) is 10.1 Å². The molecule has 3 rings (SSSR count). The van der Waals surface area contributed by atoms with E-state index in [0.29, 0.717) is 22.5 Å². The topological polar surface area (TPSA) is 97.6 Å². The van der Waals surface area contributed by atoms with E-state index < -0.39 is 4.33 Å². The highest BCUT2D eigenvalue weighted by atomic mass is 32.2. The van der Waals surface area contributed by atoms with E-state index in [4.69, 9.17) is 0 Å². The average molecular weight is 275 g/mol. The summed E-state index contributed by atoms with van der Waals surface area (Å²) in [5.41, 5.74) is 1.59. The number of hydrogen-bond donors (Lipinski definition) is 1. The predicted octanol–water partition coefficient (Wildman–Crippen LogP) is 2.32. The minimum absolute atomic E-state index is 0.421. The van der Waals surface area contributed by atoms with Crippen molar-refractivity contribution in [3.05, 3.63) is 59.3 Å². The Balaban J connectivity index is 0.000000141. The van der Waals surface area contributed by atoms with E-state index in [-0.39, 0.29) is 0 Å². The van der Waals surface area contributed by atoms with Crippen LogP contribution in [0.25, 0.3) is 11.2 Å². The molecule has 0 atom stereocenters. The zero-order valence-electron chi connectivity index (χ0n) is 9.63. The number of hydrogen-bond acceptors (Lipinski definition) is 6. The molecule has 0 saturated heterocycles. The number of imidazole rings is 1. The summed E-state index contributed by atoms with van der Waals surface area (Å²) in [5, 5.41) is 9.94. The second-order valence-corrected chi connectivity index (χ2v) is 4.24. The average Bonchev–Trinajstić information content (AvgIpc) is 2.88. The number of H-pyrrole nitrogens is 1. The van der Waals surface area contributed by atoms with Crippen molar-refractivity contribution in [3.63, 3.8) is 0 Å². The fourth-order valence-corrected chi connectivity index (χ4v) is 1.71. The zero-order chi connectivity index (χ0) is 13.5. The van der Waals surface area contributed by atoms with Crippen LogP contribution in [-0.4, -0.2) is 24.3 Å². The first-order valence-corrected chi connectivity index (χ1v) is 5.99. The van der Waals surface area contributed by atoms with Gasteiger partial charge < -0.3 is 4.98 Å². The quantitative estimate of drug-likeness (QED) is 0.438. The normalized spacial score (nSPS) is 9.68. The van der Waals surface area contributed by atoms with E-state index in [2.05, 4.69) is 19.9 Å². The summed E-state index contributed by atoms with van der Waals surface area (Å²) >= 11 is 0.621. The smallest absolute Gasteiger partial charge is 0.265 e. The van der Waals surface area contributed by atoms with Gasteiger partial charge in [0.05, 0.1) is 17.4 Å². The first kappa shape index (κ1) is 13.0. The Morgan fingerprint density at radius 3 is 2.68 bits per heavy atom. The third-order valence-electron chi connectivity index (χ3n) is 2.02. The first-order valence-electron chi connectivity index (χ1n) is 5.22. The second kappa shape index (κ2) is 6.45. The minimum atomic E-state index is -0.421. The molecule has 2 heterocycles. The van der Waals surface area contributed by atoms with Crippen LogP contribution >= 0.6 is 11.9 Å². The Labute approximate surface area is 112 Å². The Morgan fingerprint density at radius 1 is 1.21 bits per heavy atom. The summed E-state index contributed by atoms with van der Waals surface area (Å²) in [6, 6.07) is 8.77. The van der Waals surface area contributed by atoms with Crippen LogP contribution in [-0.2, 0) is 0 Å². The number of nitro groups is 1. The molecule has 8 heteroatoms. The molecule has 0 aliphatic rings. The van der Waals surface area contributed by atoms with E-state index in [1.165, 1.54) is 6.33 Å². The molecule has 0 radical (unpaired) electrons. The van der Waals surface area contributed by atoms with Gasteiger partial charge in [-0.05, 0) is 12.1 Å². The highest BCUT2D eigenvalue weighted by Gasteiger charge is 2.01. The Morgan fingerprint density at radius 2 is 2.00 bits per heavy atom. The van der Waals surface area contributed by atoms with Crippen molar-refractivity contribution < 1.29 is 4.33 Å². The SMILES string of the molecule is O=[N+]([O-])Sc1ccccc1.c1ncc2[nH]cnc2n1. The van der Waals surface area contributed by atoms with Gasteiger partial charge in [0.2, 0.25) is 0 Å². The van der Waals surface area contributed by atoms with Crippen molar-refractivity contribution in [2.24, 2.45) is 0 Å². The lowest BCUT2D eigenvalue weighted by Crippen LogP contribution is -1.81.